The third-order valence-electron chi connectivity index (χ3n) is 2.87. The lowest BCUT2D eigenvalue weighted by molar-refractivity contribution is -0.141. The fourth-order valence-electron chi connectivity index (χ4n) is 1.98. The molecule has 0 radical (unpaired) electrons. The number of hydrogen-bond acceptors (Lipinski definition) is 4. The van der Waals surface area contributed by atoms with E-state index in [1.54, 1.807) is 12.1 Å². The van der Waals surface area contributed by atoms with Crippen molar-refractivity contribution in [2.45, 2.75) is 25.1 Å². The first-order valence-electron chi connectivity index (χ1n) is 5.67. The van der Waals surface area contributed by atoms with Crippen LogP contribution < -0.4 is 5.32 Å². The van der Waals surface area contributed by atoms with E-state index in [0.29, 0.717) is 4.34 Å². The fraction of sp³-hybridized carbons (Fsp3) is 0.455. The van der Waals surface area contributed by atoms with Gasteiger partial charge in [0.1, 0.15) is 6.04 Å². The monoisotopic (exact) mass is 304 g/mol. The topological polar surface area (TPSA) is 89.9 Å². The number of β-amino-alcohol motifs (C(OH)–C–C–N with tert-alkyl or cyclic N) is 1. The Labute approximate surface area is 118 Å². The van der Waals surface area contributed by atoms with E-state index >= 15 is 0 Å². The summed E-state index contributed by atoms with van der Waals surface area (Å²) in [6.07, 6.45) is -0.726. The number of aliphatic hydroxyl groups is 1. The number of nitrogens with one attached hydrogen (secondary N) is 1. The molecule has 0 saturated carbocycles. The SMILES string of the molecule is O=C(O)[C@@H]1CC(O)CN1C(=O)NCc1ccc(Cl)s1. The zero-order valence-corrected chi connectivity index (χ0v) is 11.4. The third-order valence-corrected chi connectivity index (χ3v) is 4.10. The molecule has 3 N–H and O–H groups in total. The second-order valence-corrected chi connectivity index (χ2v) is 6.06. The van der Waals surface area contributed by atoms with Gasteiger partial charge in [-0.25, -0.2) is 9.59 Å². The van der Waals surface area contributed by atoms with Gasteiger partial charge in [-0.15, -0.1) is 11.3 Å². The molecule has 6 nitrogen and oxygen atoms in total. The van der Waals surface area contributed by atoms with Gasteiger partial charge >= 0.3 is 12.0 Å². The number of nitrogens with zero attached hydrogens (tertiary/aromatic N) is 1. The minimum atomic E-state index is -1.11. The summed E-state index contributed by atoms with van der Waals surface area (Å²) in [5, 5.41) is 21.1. The maximum atomic E-state index is 11.9. The molecule has 0 aromatic carbocycles. The average Bonchev–Trinajstić information content (AvgIpc) is 2.92. The fourth-order valence-corrected chi connectivity index (χ4v) is 3.01. The van der Waals surface area contributed by atoms with E-state index in [-0.39, 0.29) is 19.5 Å². The van der Waals surface area contributed by atoms with Gasteiger partial charge in [-0.05, 0) is 12.1 Å². The second-order valence-electron chi connectivity index (χ2n) is 4.26. The maximum Gasteiger partial charge on any atom is 0.326 e. The molecule has 1 aromatic heterocycles. The number of hydrogen-bond donors (Lipinski definition) is 3. The number of carboxylic acid groups (broad SMARTS) is 1. The highest BCUT2D eigenvalue weighted by atomic mass is 35.5. The molecule has 0 bridgehead atoms. The predicted molar refractivity (Wildman–Crippen MR) is 70.3 cm³/mol. The zero-order chi connectivity index (χ0) is 14.0. The molecule has 1 aromatic rings. The molecular formula is C11H13ClN2O4S. The van der Waals surface area contributed by atoms with Crippen LogP contribution >= 0.6 is 22.9 Å². The quantitative estimate of drug-likeness (QED) is 0.781. The van der Waals surface area contributed by atoms with E-state index in [1.165, 1.54) is 11.3 Å². The highest BCUT2D eigenvalue weighted by molar-refractivity contribution is 7.16. The number of aliphatic hydroxyl groups excluding tert-OH is 1. The van der Waals surface area contributed by atoms with Crippen molar-refractivity contribution in [1.29, 1.82) is 0 Å². The Bertz CT molecular complexity index is 493. The lowest BCUT2D eigenvalue weighted by atomic mass is 10.2. The molecule has 1 aliphatic rings. The van der Waals surface area contributed by atoms with Gasteiger partial charge in [0.05, 0.1) is 17.0 Å². The molecule has 1 aliphatic heterocycles. The van der Waals surface area contributed by atoms with Crippen molar-refractivity contribution in [2.24, 2.45) is 0 Å². The number of rotatable bonds is 3. The number of amides is 2. The van der Waals surface area contributed by atoms with E-state index in [9.17, 15) is 14.7 Å². The van der Waals surface area contributed by atoms with Crippen molar-refractivity contribution in [3.63, 3.8) is 0 Å². The number of carbonyl (C=O) groups is 2. The summed E-state index contributed by atoms with van der Waals surface area (Å²) in [4.78, 5) is 24.9. The van der Waals surface area contributed by atoms with Gasteiger partial charge in [-0.2, -0.15) is 0 Å². The molecule has 0 aliphatic carbocycles. The Morgan fingerprint density at radius 1 is 1.53 bits per heavy atom. The summed E-state index contributed by atoms with van der Waals surface area (Å²) >= 11 is 7.12. The molecule has 2 rings (SSSR count). The minimum absolute atomic E-state index is 0.0357. The van der Waals surface area contributed by atoms with Gasteiger partial charge in [0.15, 0.2) is 0 Å². The van der Waals surface area contributed by atoms with Gasteiger partial charge in [-0.1, -0.05) is 11.6 Å². The van der Waals surface area contributed by atoms with Gasteiger partial charge in [0, 0.05) is 17.8 Å². The summed E-state index contributed by atoms with van der Waals surface area (Å²) in [5.74, 6) is -1.11. The lowest BCUT2D eigenvalue weighted by Gasteiger charge is -2.21. The molecule has 8 heteroatoms. The molecule has 2 atom stereocenters. The predicted octanol–water partition coefficient (Wildman–Crippen LogP) is 1.13. The van der Waals surface area contributed by atoms with Crippen molar-refractivity contribution >= 4 is 34.9 Å². The van der Waals surface area contributed by atoms with E-state index in [4.69, 9.17) is 16.7 Å². The Hall–Kier alpha value is -1.31. The second kappa shape index (κ2) is 5.77. The van der Waals surface area contributed by atoms with Crippen molar-refractivity contribution in [1.82, 2.24) is 10.2 Å². The molecule has 2 amide bonds. The average molecular weight is 305 g/mol. The molecule has 104 valence electrons. The first-order valence-corrected chi connectivity index (χ1v) is 6.86. The van der Waals surface area contributed by atoms with Gasteiger partial charge in [-0.3, -0.25) is 0 Å². The van der Waals surface area contributed by atoms with Crippen LogP contribution in [0.25, 0.3) is 0 Å². The molecule has 19 heavy (non-hydrogen) atoms. The largest absolute Gasteiger partial charge is 0.480 e. The van der Waals surface area contributed by atoms with Crippen LogP contribution in [-0.4, -0.2) is 45.8 Å². The minimum Gasteiger partial charge on any atom is -0.480 e. The summed E-state index contributed by atoms with van der Waals surface area (Å²) < 4.78 is 0.629. The smallest absolute Gasteiger partial charge is 0.326 e. The molecule has 1 saturated heterocycles. The number of carbonyl (C=O) groups excluding carboxylic acids is 1. The highest BCUT2D eigenvalue weighted by Crippen LogP contribution is 2.22. The number of thiophene rings is 1. The van der Waals surface area contributed by atoms with E-state index in [2.05, 4.69) is 5.32 Å². The summed E-state index contributed by atoms with van der Waals surface area (Å²) in [6, 6.07) is 2.06. The van der Waals surface area contributed by atoms with Crippen molar-refractivity contribution in [3.05, 3.63) is 21.3 Å². The summed E-state index contributed by atoms with van der Waals surface area (Å²) in [7, 11) is 0. The van der Waals surface area contributed by atoms with Crippen LogP contribution in [0, 0.1) is 0 Å². The Balaban J connectivity index is 1.93. The summed E-state index contributed by atoms with van der Waals surface area (Å²) in [5.41, 5.74) is 0. The number of carboxylic acids is 1. The number of halogens is 1. The van der Waals surface area contributed by atoms with Crippen LogP contribution in [0.1, 0.15) is 11.3 Å². The maximum absolute atomic E-state index is 11.9. The van der Waals surface area contributed by atoms with E-state index in [1.807, 2.05) is 0 Å². The standard InChI is InChI=1S/C11H13ClN2O4S/c12-9-2-1-7(19-9)4-13-11(18)14-5-6(15)3-8(14)10(16)17/h1-2,6,8,15H,3-5H2,(H,13,18)(H,16,17)/t6?,8-/m0/s1. The van der Waals surface area contributed by atoms with Crippen molar-refractivity contribution < 1.29 is 19.8 Å². The molecule has 0 spiro atoms. The van der Waals surface area contributed by atoms with Crippen LogP contribution in [-0.2, 0) is 11.3 Å². The zero-order valence-electron chi connectivity index (χ0n) is 9.88. The highest BCUT2D eigenvalue weighted by Gasteiger charge is 2.38. The normalized spacial score (nSPS) is 22.5. The Morgan fingerprint density at radius 3 is 2.84 bits per heavy atom. The molecule has 2 heterocycles. The van der Waals surface area contributed by atoms with E-state index < -0.39 is 24.1 Å². The van der Waals surface area contributed by atoms with Crippen LogP contribution in [0.2, 0.25) is 4.34 Å². The van der Waals surface area contributed by atoms with Crippen LogP contribution in [0.3, 0.4) is 0 Å². The van der Waals surface area contributed by atoms with Crippen LogP contribution in [0.15, 0.2) is 12.1 Å². The molecule has 1 fully saturated rings. The molecular weight excluding hydrogens is 292 g/mol. The van der Waals surface area contributed by atoms with E-state index in [0.717, 1.165) is 9.78 Å². The Kier molecular flexibility index (Phi) is 4.28. The van der Waals surface area contributed by atoms with Gasteiger partial charge in [0.25, 0.3) is 0 Å². The lowest BCUT2D eigenvalue weighted by Crippen LogP contribution is -2.45. The number of likely N-dealkylation sites (tertiary alicyclic amines) is 1. The first-order chi connectivity index (χ1) is 8.97. The number of aliphatic carboxylic acids is 1. The van der Waals surface area contributed by atoms with Crippen molar-refractivity contribution in [2.75, 3.05) is 6.54 Å². The van der Waals surface area contributed by atoms with Crippen molar-refractivity contribution in [3.8, 4) is 0 Å². The molecule has 1 unspecified atom stereocenters. The third kappa shape index (κ3) is 3.37. The summed E-state index contributed by atoms with van der Waals surface area (Å²) in [6.45, 7) is 0.323. The number of urea groups is 1. The Morgan fingerprint density at radius 2 is 2.26 bits per heavy atom. The van der Waals surface area contributed by atoms with Crippen LogP contribution in [0.5, 0.6) is 0 Å². The van der Waals surface area contributed by atoms with Gasteiger partial charge in [0.2, 0.25) is 0 Å². The first kappa shape index (κ1) is 14.1. The van der Waals surface area contributed by atoms with Crippen LogP contribution in [0.4, 0.5) is 4.79 Å². The van der Waals surface area contributed by atoms with Gasteiger partial charge < -0.3 is 20.4 Å².